The molecule has 0 atom stereocenters. The summed E-state index contributed by atoms with van der Waals surface area (Å²) in [6.45, 7) is 5.67. The molecule has 0 aromatic heterocycles. The fourth-order valence-electron chi connectivity index (χ4n) is 4.57. The van der Waals surface area contributed by atoms with Gasteiger partial charge in [0.25, 0.3) is 11.8 Å². The number of carbonyl (C=O) groups is 2. The van der Waals surface area contributed by atoms with Crippen LogP contribution in [0.2, 0.25) is 0 Å². The van der Waals surface area contributed by atoms with Crippen molar-refractivity contribution >= 4 is 28.8 Å². The molecule has 160 valence electrons. The third-order valence-corrected chi connectivity index (χ3v) is 6.66. The summed E-state index contributed by atoms with van der Waals surface area (Å²) in [7, 11) is 0. The number of fused-ring (bicyclic) bond motifs is 1. The van der Waals surface area contributed by atoms with E-state index in [1.807, 2.05) is 18.2 Å². The predicted octanol–water partition coefficient (Wildman–Crippen LogP) is 3.33. The minimum absolute atomic E-state index is 0.352. The second kappa shape index (κ2) is 8.55. The van der Waals surface area contributed by atoms with Crippen LogP contribution >= 0.6 is 0 Å². The maximum Gasteiger partial charge on any atom is 0.260 e. The zero-order valence-corrected chi connectivity index (χ0v) is 17.6. The van der Waals surface area contributed by atoms with E-state index in [0.29, 0.717) is 16.7 Å². The Morgan fingerprint density at radius 3 is 2.29 bits per heavy atom. The Labute approximate surface area is 182 Å². The van der Waals surface area contributed by atoms with Crippen LogP contribution in [-0.2, 0) is 4.79 Å². The number of hydrogen-bond acceptors (Lipinski definition) is 5. The number of benzene rings is 2. The number of amides is 2. The molecular formula is C25H28N4O2. The lowest BCUT2D eigenvalue weighted by Crippen LogP contribution is -2.48. The Morgan fingerprint density at radius 1 is 0.903 bits per heavy atom. The summed E-state index contributed by atoms with van der Waals surface area (Å²) in [5.41, 5.74) is 3.76. The molecule has 2 aromatic carbocycles. The molecular weight excluding hydrogens is 388 g/mol. The van der Waals surface area contributed by atoms with Crippen molar-refractivity contribution in [2.75, 3.05) is 42.9 Å². The molecule has 1 aliphatic carbocycles. The van der Waals surface area contributed by atoms with E-state index in [0.717, 1.165) is 37.8 Å². The highest BCUT2D eigenvalue weighted by Gasteiger charge is 2.27. The largest absolute Gasteiger partial charge is 0.369 e. The summed E-state index contributed by atoms with van der Waals surface area (Å²) in [6, 6.07) is 15.5. The van der Waals surface area contributed by atoms with E-state index in [-0.39, 0.29) is 11.8 Å². The molecule has 2 amide bonds. The smallest absolute Gasteiger partial charge is 0.260 e. The Hall–Kier alpha value is -3.12. The molecule has 3 aliphatic rings. The van der Waals surface area contributed by atoms with E-state index < -0.39 is 0 Å². The molecule has 0 spiro atoms. The van der Waals surface area contributed by atoms with E-state index in [4.69, 9.17) is 0 Å². The lowest BCUT2D eigenvalue weighted by atomic mass is 9.85. The van der Waals surface area contributed by atoms with Gasteiger partial charge in [-0.25, -0.2) is 0 Å². The van der Waals surface area contributed by atoms with Crippen LogP contribution in [0.15, 0.2) is 54.7 Å². The molecule has 2 fully saturated rings. The van der Waals surface area contributed by atoms with Gasteiger partial charge in [-0.1, -0.05) is 24.6 Å². The molecule has 2 N–H and O–H groups in total. The summed E-state index contributed by atoms with van der Waals surface area (Å²) < 4.78 is 0. The van der Waals surface area contributed by atoms with Gasteiger partial charge in [-0.15, -0.1) is 0 Å². The van der Waals surface area contributed by atoms with Gasteiger partial charge in [0.15, 0.2) is 0 Å². The average Bonchev–Trinajstić information content (AvgIpc) is 2.77. The van der Waals surface area contributed by atoms with Crippen LogP contribution in [0.4, 0.5) is 11.4 Å². The molecule has 6 nitrogen and oxygen atoms in total. The molecule has 2 aliphatic heterocycles. The maximum absolute atomic E-state index is 12.3. The number of anilines is 2. The van der Waals surface area contributed by atoms with Gasteiger partial charge >= 0.3 is 0 Å². The van der Waals surface area contributed by atoms with Crippen LogP contribution in [0.5, 0.6) is 0 Å². The van der Waals surface area contributed by atoms with Crippen molar-refractivity contribution < 1.29 is 9.59 Å². The maximum atomic E-state index is 12.3. The molecule has 1 saturated carbocycles. The van der Waals surface area contributed by atoms with Crippen molar-refractivity contribution in [3.63, 3.8) is 0 Å². The Kier molecular flexibility index (Phi) is 5.47. The number of nitrogens with one attached hydrogen (secondary N) is 2. The van der Waals surface area contributed by atoms with E-state index in [9.17, 15) is 9.59 Å². The number of hydrogen-bond donors (Lipinski definition) is 2. The molecule has 0 unspecified atom stereocenters. The lowest BCUT2D eigenvalue weighted by molar-refractivity contribution is -0.114. The summed E-state index contributed by atoms with van der Waals surface area (Å²) >= 11 is 0. The van der Waals surface area contributed by atoms with Crippen molar-refractivity contribution in [2.45, 2.75) is 19.3 Å². The quantitative estimate of drug-likeness (QED) is 0.578. The number of imide groups is 1. The summed E-state index contributed by atoms with van der Waals surface area (Å²) in [4.78, 5) is 29.4. The van der Waals surface area contributed by atoms with Crippen LogP contribution < -0.4 is 15.5 Å². The Balaban J connectivity index is 1.21. The minimum atomic E-state index is -0.382. The van der Waals surface area contributed by atoms with Gasteiger partial charge in [-0.05, 0) is 49.1 Å². The number of piperazine rings is 1. The van der Waals surface area contributed by atoms with Gasteiger partial charge in [0, 0.05) is 61.4 Å². The normalized spacial score (nSPS) is 20.9. The highest BCUT2D eigenvalue weighted by molar-refractivity contribution is 6.31. The Morgan fingerprint density at radius 2 is 1.61 bits per heavy atom. The van der Waals surface area contributed by atoms with E-state index in [2.05, 4.69) is 32.6 Å². The van der Waals surface area contributed by atoms with Gasteiger partial charge in [0.05, 0.1) is 5.57 Å². The van der Waals surface area contributed by atoms with E-state index >= 15 is 0 Å². The van der Waals surface area contributed by atoms with Crippen molar-refractivity contribution in [3.05, 3.63) is 65.9 Å². The molecule has 2 aromatic rings. The standard InChI is InChI=1S/C25H28N4O2/c30-24-22-7-2-1-6-21(22)23(25(31)27-24)16-26-19-8-10-20(11-9-19)29-14-12-28(13-15-29)17-18-4-3-5-18/h1-2,6-11,16,18,26H,3-5,12-15,17H2,(H,27,30,31)/b23-16+. The SMILES string of the molecule is O=C1NC(=O)c2ccccc2/C1=C\Nc1ccc(N2CCN(CC3CCC3)CC2)cc1. The van der Waals surface area contributed by atoms with Gasteiger partial charge in [-0.2, -0.15) is 0 Å². The first-order chi connectivity index (χ1) is 15.2. The van der Waals surface area contributed by atoms with Gasteiger partial charge < -0.3 is 10.2 Å². The lowest BCUT2D eigenvalue weighted by Gasteiger charge is -2.39. The van der Waals surface area contributed by atoms with Crippen LogP contribution in [0, 0.1) is 5.92 Å². The molecule has 0 bridgehead atoms. The second-order valence-corrected chi connectivity index (χ2v) is 8.66. The summed E-state index contributed by atoms with van der Waals surface area (Å²) in [5, 5.41) is 5.61. The molecule has 31 heavy (non-hydrogen) atoms. The number of nitrogens with zero attached hydrogens (tertiary/aromatic N) is 2. The third kappa shape index (κ3) is 4.21. The van der Waals surface area contributed by atoms with Gasteiger partial charge in [-0.3, -0.25) is 19.8 Å². The third-order valence-electron chi connectivity index (χ3n) is 6.66. The van der Waals surface area contributed by atoms with Crippen LogP contribution in [0.3, 0.4) is 0 Å². The zero-order chi connectivity index (χ0) is 21.2. The predicted molar refractivity (Wildman–Crippen MR) is 123 cm³/mol. The first-order valence-electron chi connectivity index (χ1n) is 11.2. The molecule has 2 heterocycles. The zero-order valence-electron chi connectivity index (χ0n) is 17.6. The second-order valence-electron chi connectivity index (χ2n) is 8.66. The molecule has 5 rings (SSSR count). The first-order valence-corrected chi connectivity index (χ1v) is 11.2. The van der Waals surface area contributed by atoms with Gasteiger partial charge in [0.1, 0.15) is 0 Å². The average molecular weight is 417 g/mol. The van der Waals surface area contributed by atoms with E-state index in [1.54, 1.807) is 24.4 Å². The van der Waals surface area contributed by atoms with Crippen molar-refractivity contribution in [1.82, 2.24) is 10.2 Å². The van der Waals surface area contributed by atoms with Crippen LogP contribution in [0.1, 0.15) is 35.2 Å². The molecule has 6 heteroatoms. The number of carbonyl (C=O) groups excluding carboxylic acids is 2. The fourth-order valence-corrected chi connectivity index (χ4v) is 4.57. The minimum Gasteiger partial charge on any atom is -0.369 e. The highest BCUT2D eigenvalue weighted by atomic mass is 16.2. The van der Waals surface area contributed by atoms with Crippen LogP contribution in [0.25, 0.3) is 5.57 Å². The van der Waals surface area contributed by atoms with Crippen molar-refractivity contribution in [1.29, 1.82) is 0 Å². The topological polar surface area (TPSA) is 64.7 Å². The molecule has 1 saturated heterocycles. The van der Waals surface area contributed by atoms with Crippen LogP contribution in [-0.4, -0.2) is 49.4 Å². The van der Waals surface area contributed by atoms with Crippen molar-refractivity contribution in [2.24, 2.45) is 5.92 Å². The molecule has 0 radical (unpaired) electrons. The number of rotatable bonds is 5. The monoisotopic (exact) mass is 416 g/mol. The van der Waals surface area contributed by atoms with Gasteiger partial charge in [0.2, 0.25) is 0 Å². The van der Waals surface area contributed by atoms with E-state index in [1.165, 1.54) is 31.5 Å². The Bertz CT molecular complexity index is 1000. The van der Waals surface area contributed by atoms with Crippen molar-refractivity contribution in [3.8, 4) is 0 Å². The summed E-state index contributed by atoms with van der Waals surface area (Å²) in [6.07, 6.45) is 5.91. The first kappa shape index (κ1) is 19.8. The summed E-state index contributed by atoms with van der Waals surface area (Å²) in [5.74, 6) is 0.199. The fraction of sp³-hybridized carbons (Fsp3) is 0.360. The highest BCUT2D eigenvalue weighted by Crippen LogP contribution is 2.28.